The molecule has 152 valence electrons. The fraction of sp³-hybridized carbons (Fsp3) is 0.391. The first-order chi connectivity index (χ1) is 14.0. The Morgan fingerprint density at radius 3 is 2.90 bits per heavy atom. The Balaban J connectivity index is 1.32. The minimum absolute atomic E-state index is 0.0504. The van der Waals surface area contributed by atoms with E-state index in [9.17, 15) is 4.79 Å². The summed E-state index contributed by atoms with van der Waals surface area (Å²) in [6.07, 6.45) is 6.46. The standard InChI is InChI=1S/C23H24BrClN2O2/c1-23-11-5-4-7-17(23)21(23)22(28)27-26-13-15-9-10-20(18(24)12-15)29-14-16-6-2-3-8-19(16)25/h2-3,6,8-10,12-13,17,21H,4-5,7,11,14H2,1H3,(H,27,28)/b26-13-/t17-,21-,23+/m1/s1. The minimum atomic E-state index is 0.0504. The van der Waals surface area contributed by atoms with Gasteiger partial charge in [-0.25, -0.2) is 5.43 Å². The zero-order valence-electron chi connectivity index (χ0n) is 16.3. The van der Waals surface area contributed by atoms with E-state index >= 15 is 0 Å². The van der Waals surface area contributed by atoms with Gasteiger partial charge in [0, 0.05) is 16.5 Å². The van der Waals surface area contributed by atoms with E-state index in [1.807, 2.05) is 42.5 Å². The molecule has 2 aliphatic carbocycles. The van der Waals surface area contributed by atoms with Crippen LogP contribution >= 0.6 is 27.5 Å². The highest BCUT2D eigenvalue weighted by Gasteiger charge is 2.64. The van der Waals surface area contributed by atoms with Crippen molar-refractivity contribution in [2.75, 3.05) is 0 Å². The van der Waals surface area contributed by atoms with Crippen LogP contribution < -0.4 is 10.2 Å². The van der Waals surface area contributed by atoms with Crippen LogP contribution in [0.2, 0.25) is 5.02 Å². The number of nitrogens with zero attached hydrogens (tertiary/aromatic N) is 1. The Labute approximate surface area is 184 Å². The molecule has 4 rings (SSSR count). The normalized spacial score (nSPS) is 25.5. The van der Waals surface area contributed by atoms with Crippen LogP contribution in [0.4, 0.5) is 0 Å². The third-order valence-electron chi connectivity index (χ3n) is 6.30. The summed E-state index contributed by atoms with van der Waals surface area (Å²) in [5.41, 5.74) is 4.74. The maximum Gasteiger partial charge on any atom is 0.244 e. The van der Waals surface area contributed by atoms with Crippen molar-refractivity contribution < 1.29 is 9.53 Å². The minimum Gasteiger partial charge on any atom is -0.488 e. The first-order valence-corrected chi connectivity index (χ1v) is 11.1. The van der Waals surface area contributed by atoms with E-state index in [0.29, 0.717) is 17.5 Å². The summed E-state index contributed by atoms with van der Waals surface area (Å²) in [5.74, 6) is 1.43. The third-order valence-corrected chi connectivity index (χ3v) is 7.29. The van der Waals surface area contributed by atoms with Crippen molar-refractivity contribution in [3.8, 4) is 5.75 Å². The highest BCUT2D eigenvalue weighted by molar-refractivity contribution is 9.10. The largest absolute Gasteiger partial charge is 0.488 e. The molecule has 1 N–H and O–H groups in total. The summed E-state index contributed by atoms with van der Waals surface area (Å²) in [6, 6.07) is 13.3. The van der Waals surface area contributed by atoms with Gasteiger partial charge in [-0.15, -0.1) is 0 Å². The van der Waals surface area contributed by atoms with Crippen molar-refractivity contribution in [3.63, 3.8) is 0 Å². The molecular formula is C23H24BrClN2O2. The highest BCUT2D eigenvalue weighted by atomic mass is 79.9. The second-order valence-electron chi connectivity index (χ2n) is 8.14. The van der Waals surface area contributed by atoms with Gasteiger partial charge in [0.15, 0.2) is 0 Å². The van der Waals surface area contributed by atoms with Crippen molar-refractivity contribution >= 4 is 39.7 Å². The number of hydrazone groups is 1. The molecule has 2 aliphatic rings. The molecule has 2 fully saturated rings. The highest BCUT2D eigenvalue weighted by Crippen LogP contribution is 2.66. The van der Waals surface area contributed by atoms with Crippen molar-refractivity contribution in [2.24, 2.45) is 22.4 Å². The number of amides is 1. The summed E-state index contributed by atoms with van der Waals surface area (Å²) in [4.78, 5) is 12.5. The topological polar surface area (TPSA) is 50.7 Å². The van der Waals surface area contributed by atoms with E-state index in [-0.39, 0.29) is 17.2 Å². The summed E-state index contributed by atoms with van der Waals surface area (Å²) in [7, 11) is 0. The number of fused-ring (bicyclic) bond motifs is 1. The number of carbonyl (C=O) groups excluding carboxylic acids is 1. The molecule has 0 radical (unpaired) electrons. The van der Waals surface area contributed by atoms with Gasteiger partial charge < -0.3 is 4.74 Å². The Bertz CT molecular complexity index is 948. The predicted octanol–water partition coefficient (Wildman–Crippen LogP) is 5.96. The van der Waals surface area contributed by atoms with Crippen LogP contribution in [0.15, 0.2) is 52.0 Å². The molecule has 3 atom stereocenters. The molecule has 0 bridgehead atoms. The van der Waals surface area contributed by atoms with Gasteiger partial charge in [-0.1, -0.05) is 49.6 Å². The van der Waals surface area contributed by atoms with E-state index in [0.717, 1.165) is 27.8 Å². The van der Waals surface area contributed by atoms with Gasteiger partial charge in [-0.05, 0) is 69.9 Å². The van der Waals surface area contributed by atoms with Gasteiger partial charge in [-0.2, -0.15) is 5.10 Å². The van der Waals surface area contributed by atoms with Gasteiger partial charge in [0.05, 0.1) is 10.7 Å². The fourth-order valence-corrected chi connectivity index (χ4v) is 5.28. The Kier molecular flexibility index (Phi) is 5.98. The molecule has 2 aromatic rings. The van der Waals surface area contributed by atoms with Gasteiger partial charge in [0.2, 0.25) is 5.91 Å². The average Bonchev–Trinajstić information content (AvgIpc) is 3.34. The number of nitrogens with one attached hydrogen (secondary N) is 1. The number of hydrogen-bond acceptors (Lipinski definition) is 3. The zero-order valence-corrected chi connectivity index (χ0v) is 18.7. The Morgan fingerprint density at radius 1 is 1.34 bits per heavy atom. The molecule has 29 heavy (non-hydrogen) atoms. The average molecular weight is 476 g/mol. The van der Waals surface area contributed by atoms with Crippen LogP contribution in [0.1, 0.15) is 43.7 Å². The van der Waals surface area contributed by atoms with Crippen LogP contribution in [0.25, 0.3) is 0 Å². The van der Waals surface area contributed by atoms with Gasteiger partial charge in [0.25, 0.3) is 0 Å². The fourth-order valence-electron chi connectivity index (χ4n) is 4.58. The number of rotatable bonds is 6. The third kappa shape index (κ3) is 4.36. The molecule has 2 saturated carbocycles. The predicted molar refractivity (Wildman–Crippen MR) is 119 cm³/mol. The van der Waals surface area contributed by atoms with E-state index in [1.54, 1.807) is 6.21 Å². The second-order valence-corrected chi connectivity index (χ2v) is 9.40. The molecule has 0 aromatic heterocycles. The number of ether oxygens (including phenoxy) is 1. The van der Waals surface area contributed by atoms with E-state index in [1.165, 1.54) is 19.3 Å². The lowest BCUT2D eigenvalue weighted by atomic mass is 9.90. The maximum absolute atomic E-state index is 12.5. The molecule has 0 aliphatic heterocycles. The molecule has 1 amide bonds. The number of hydrogen-bond donors (Lipinski definition) is 1. The van der Waals surface area contributed by atoms with E-state index < -0.39 is 0 Å². The SMILES string of the molecule is C[C@]12CCCC[C@@H]1[C@@H]2C(=O)N/N=C\c1ccc(OCc2ccccc2Cl)c(Br)c1. The van der Waals surface area contributed by atoms with Crippen LogP contribution in [-0.4, -0.2) is 12.1 Å². The van der Waals surface area contributed by atoms with Crippen LogP contribution in [0.3, 0.4) is 0 Å². The molecule has 0 heterocycles. The first kappa shape index (κ1) is 20.4. The maximum atomic E-state index is 12.5. The summed E-state index contributed by atoms with van der Waals surface area (Å²) in [5, 5.41) is 4.85. The van der Waals surface area contributed by atoms with Gasteiger partial charge in [0.1, 0.15) is 12.4 Å². The van der Waals surface area contributed by atoms with Crippen LogP contribution in [0, 0.1) is 17.3 Å². The number of benzene rings is 2. The first-order valence-electron chi connectivity index (χ1n) is 9.98. The zero-order chi connectivity index (χ0) is 20.4. The van der Waals surface area contributed by atoms with Crippen molar-refractivity contribution in [1.29, 1.82) is 0 Å². The number of halogens is 2. The lowest BCUT2D eigenvalue weighted by molar-refractivity contribution is -0.123. The summed E-state index contributed by atoms with van der Waals surface area (Å²) < 4.78 is 6.68. The number of carbonyl (C=O) groups is 1. The molecule has 0 saturated heterocycles. The molecule has 0 spiro atoms. The van der Waals surface area contributed by atoms with Crippen LogP contribution in [0.5, 0.6) is 5.75 Å². The Morgan fingerprint density at radius 2 is 2.17 bits per heavy atom. The summed E-state index contributed by atoms with van der Waals surface area (Å²) >= 11 is 9.70. The van der Waals surface area contributed by atoms with E-state index in [4.69, 9.17) is 16.3 Å². The van der Waals surface area contributed by atoms with Crippen molar-refractivity contribution in [2.45, 2.75) is 39.2 Å². The second kappa shape index (κ2) is 8.49. The Hall–Kier alpha value is -1.85. The molecule has 0 unspecified atom stereocenters. The summed E-state index contributed by atoms with van der Waals surface area (Å²) in [6.45, 7) is 2.63. The quantitative estimate of drug-likeness (QED) is 0.414. The van der Waals surface area contributed by atoms with Gasteiger partial charge >= 0.3 is 0 Å². The smallest absolute Gasteiger partial charge is 0.244 e. The lowest BCUT2D eigenvalue weighted by Crippen LogP contribution is -2.22. The molecular weight excluding hydrogens is 452 g/mol. The van der Waals surface area contributed by atoms with Crippen molar-refractivity contribution in [3.05, 3.63) is 63.1 Å². The van der Waals surface area contributed by atoms with Gasteiger partial charge in [-0.3, -0.25) is 4.79 Å². The lowest BCUT2D eigenvalue weighted by Gasteiger charge is -2.15. The van der Waals surface area contributed by atoms with Crippen LogP contribution in [-0.2, 0) is 11.4 Å². The molecule has 6 heteroatoms. The molecule has 2 aromatic carbocycles. The van der Waals surface area contributed by atoms with E-state index in [2.05, 4.69) is 33.4 Å². The van der Waals surface area contributed by atoms with Crippen molar-refractivity contribution in [1.82, 2.24) is 5.43 Å². The molecule has 4 nitrogen and oxygen atoms in total. The monoisotopic (exact) mass is 474 g/mol.